The lowest BCUT2D eigenvalue weighted by atomic mass is 9.87. The van der Waals surface area contributed by atoms with Gasteiger partial charge >= 0.3 is 0 Å². The molecule has 0 amide bonds. The topological polar surface area (TPSA) is 9.23 Å². The highest BCUT2D eigenvalue weighted by atomic mass is 16.5. The van der Waals surface area contributed by atoms with Gasteiger partial charge in [-0.05, 0) is 22.1 Å². The molecule has 0 atom stereocenters. The predicted molar refractivity (Wildman–Crippen MR) is 80.1 cm³/mol. The van der Waals surface area contributed by atoms with Crippen LogP contribution in [0.2, 0.25) is 0 Å². The van der Waals surface area contributed by atoms with E-state index < -0.39 is 0 Å². The number of ether oxygens (including phenoxy) is 1. The Morgan fingerprint density at radius 2 is 1.26 bits per heavy atom. The average molecular weight is 254 g/mol. The maximum Gasteiger partial charge on any atom is 0.0721 e. The first kappa shape index (κ1) is 13.8. The largest absolute Gasteiger partial charge is 0.372 e. The summed E-state index contributed by atoms with van der Waals surface area (Å²) >= 11 is 0. The Bertz CT molecular complexity index is 491. The van der Waals surface area contributed by atoms with Gasteiger partial charge in [0.15, 0.2) is 0 Å². The molecular weight excluding hydrogens is 232 g/mol. The highest BCUT2D eigenvalue weighted by Crippen LogP contribution is 2.22. The Labute approximate surface area is 116 Å². The Balaban J connectivity index is 1.87. The second-order valence-electron chi connectivity index (χ2n) is 5.93. The van der Waals surface area contributed by atoms with E-state index in [0.29, 0.717) is 13.2 Å². The van der Waals surface area contributed by atoms with E-state index in [2.05, 4.69) is 57.2 Å². The van der Waals surface area contributed by atoms with Gasteiger partial charge in [0.05, 0.1) is 13.2 Å². The van der Waals surface area contributed by atoms with Gasteiger partial charge in [-0.1, -0.05) is 75.4 Å². The molecular formula is C18H22O. The van der Waals surface area contributed by atoms with Crippen molar-refractivity contribution in [2.24, 2.45) is 0 Å². The summed E-state index contributed by atoms with van der Waals surface area (Å²) in [5.74, 6) is 0. The van der Waals surface area contributed by atoms with E-state index in [1.165, 1.54) is 16.7 Å². The third-order valence-corrected chi connectivity index (χ3v) is 3.20. The Kier molecular flexibility index (Phi) is 4.39. The Hall–Kier alpha value is -1.60. The SMILES string of the molecule is CC(C)(C)c1ccc(COCc2ccccc2)cc1. The van der Waals surface area contributed by atoms with Crippen molar-refractivity contribution in [3.8, 4) is 0 Å². The minimum Gasteiger partial charge on any atom is -0.372 e. The molecule has 2 aromatic carbocycles. The summed E-state index contributed by atoms with van der Waals surface area (Å²) in [6, 6.07) is 19.0. The standard InChI is InChI=1S/C18H22O/c1-18(2,3)17-11-9-16(10-12-17)14-19-13-15-7-5-4-6-8-15/h4-12H,13-14H2,1-3H3. The fourth-order valence-electron chi connectivity index (χ4n) is 1.96. The molecule has 1 heteroatoms. The van der Waals surface area contributed by atoms with E-state index in [9.17, 15) is 0 Å². The summed E-state index contributed by atoms with van der Waals surface area (Å²) in [6.07, 6.45) is 0. The molecule has 0 heterocycles. The van der Waals surface area contributed by atoms with E-state index in [4.69, 9.17) is 4.74 Å². The first-order valence-corrected chi connectivity index (χ1v) is 6.77. The summed E-state index contributed by atoms with van der Waals surface area (Å²) in [6.45, 7) is 8.02. The van der Waals surface area contributed by atoms with Gasteiger partial charge in [0.25, 0.3) is 0 Å². The van der Waals surface area contributed by atoms with Gasteiger partial charge in [0.1, 0.15) is 0 Å². The molecule has 2 aromatic rings. The average Bonchev–Trinajstić information content (AvgIpc) is 2.39. The molecule has 0 saturated heterocycles. The van der Waals surface area contributed by atoms with Crippen molar-refractivity contribution < 1.29 is 4.74 Å². The number of hydrogen-bond acceptors (Lipinski definition) is 1. The van der Waals surface area contributed by atoms with Gasteiger partial charge < -0.3 is 4.74 Å². The summed E-state index contributed by atoms with van der Waals surface area (Å²) in [5.41, 5.74) is 4.01. The van der Waals surface area contributed by atoms with Crippen LogP contribution in [0.25, 0.3) is 0 Å². The zero-order chi connectivity index (χ0) is 13.7. The van der Waals surface area contributed by atoms with Crippen molar-refractivity contribution in [3.05, 3.63) is 71.3 Å². The number of rotatable bonds is 4. The molecule has 0 spiro atoms. The molecule has 0 saturated carbocycles. The van der Waals surface area contributed by atoms with Crippen molar-refractivity contribution in [1.82, 2.24) is 0 Å². The molecule has 0 bridgehead atoms. The zero-order valence-corrected chi connectivity index (χ0v) is 12.0. The van der Waals surface area contributed by atoms with Gasteiger partial charge in [-0.25, -0.2) is 0 Å². The van der Waals surface area contributed by atoms with Gasteiger partial charge in [0, 0.05) is 0 Å². The maximum atomic E-state index is 5.73. The molecule has 0 fully saturated rings. The van der Waals surface area contributed by atoms with Gasteiger partial charge in [-0.3, -0.25) is 0 Å². The molecule has 0 unspecified atom stereocenters. The maximum absolute atomic E-state index is 5.73. The fourth-order valence-corrected chi connectivity index (χ4v) is 1.96. The molecule has 19 heavy (non-hydrogen) atoms. The summed E-state index contributed by atoms with van der Waals surface area (Å²) in [7, 11) is 0. The molecule has 0 aromatic heterocycles. The van der Waals surface area contributed by atoms with Crippen LogP contribution in [0.1, 0.15) is 37.5 Å². The van der Waals surface area contributed by atoms with Crippen molar-refractivity contribution in [1.29, 1.82) is 0 Å². The van der Waals surface area contributed by atoms with E-state index in [1.807, 2.05) is 18.2 Å². The van der Waals surface area contributed by atoms with Crippen LogP contribution in [0, 0.1) is 0 Å². The van der Waals surface area contributed by atoms with Crippen molar-refractivity contribution in [3.63, 3.8) is 0 Å². The Morgan fingerprint density at radius 3 is 1.79 bits per heavy atom. The van der Waals surface area contributed by atoms with Crippen LogP contribution in [0.4, 0.5) is 0 Å². The first-order valence-electron chi connectivity index (χ1n) is 6.77. The number of hydrogen-bond donors (Lipinski definition) is 0. The van der Waals surface area contributed by atoms with Gasteiger partial charge in [0.2, 0.25) is 0 Å². The summed E-state index contributed by atoms with van der Waals surface area (Å²) in [5, 5.41) is 0. The number of benzene rings is 2. The van der Waals surface area contributed by atoms with E-state index in [-0.39, 0.29) is 5.41 Å². The van der Waals surface area contributed by atoms with Crippen molar-refractivity contribution in [2.45, 2.75) is 39.4 Å². The third kappa shape index (κ3) is 4.22. The second kappa shape index (κ2) is 6.03. The first-order chi connectivity index (χ1) is 9.05. The molecule has 100 valence electrons. The quantitative estimate of drug-likeness (QED) is 0.768. The molecule has 0 aliphatic heterocycles. The van der Waals surface area contributed by atoms with Crippen molar-refractivity contribution >= 4 is 0 Å². The van der Waals surface area contributed by atoms with Crippen LogP contribution in [0.15, 0.2) is 54.6 Å². The third-order valence-electron chi connectivity index (χ3n) is 3.20. The fraction of sp³-hybridized carbons (Fsp3) is 0.333. The minimum absolute atomic E-state index is 0.212. The van der Waals surface area contributed by atoms with E-state index in [0.717, 1.165) is 0 Å². The van der Waals surface area contributed by atoms with Crippen molar-refractivity contribution in [2.75, 3.05) is 0 Å². The normalized spacial score (nSPS) is 11.5. The minimum atomic E-state index is 0.212. The summed E-state index contributed by atoms with van der Waals surface area (Å²) < 4.78 is 5.73. The van der Waals surface area contributed by atoms with Crippen LogP contribution in [0.5, 0.6) is 0 Å². The summed E-state index contributed by atoms with van der Waals surface area (Å²) in [4.78, 5) is 0. The molecule has 0 N–H and O–H groups in total. The smallest absolute Gasteiger partial charge is 0.0721 e. The highest BCUT2D eigenvalue weighted by molar-refractivity contribution is 5.27. The lowest BCUT2D eigenvalue weighted by Gasteiger charge is -2.19. The molecule has 2 rings (SSSR count). The second-order valence-corrected chi connectivity index (χ2v) is 5.93. The van der Waals surface area contributed by atoms with E-state index in [1.54, 1.807) is 0 Å². The molecule has 1 nitrogen and oxygen atoms in total. The van der Waals surface area contributed by atoms with Crippen LogP contribution < -0.4 is 0 Å². The lowest BCUT2D eigenvalue weighted by molar-refractivity contribution is 0.107. The van der Waals surface area contributed by atoms with Gasteiger partial charge in [-0.2, -0.15) is 0 Å². The monoisotopic (exact) mass is 254 g/mol. The van der Waals surface area contributed by atoms with Crippen LogP contribution >= 0.6 is 0 Å². The van der Waals surface area contributed by atoms with Crippen LogP contribution in [-0.4, -0.2) is 0 Å². The lowest BCUT2D eigenvalue weighted by Crippen LogP contribution is -2.10. The molecule has 0 radical (unpaired) electrons. The van der Waals surface area contributed by atoms with Crippen LogP contribution in [-0.2, 0) is 23.4 Å². The zero-order valence-electron chi connectivity index (χ0n) is 12.0. The van der Waals surface area contributed by atoms with Gasteiger partial charge in [-0.15, -0.1) is 0 Å². The Morgan fingerprint density at radius 1 is 0.737 bits per heavy atom. The van der Waals surface area contributed by atoms with E-state index >= 15 is 0 Å². The molecule has 0 aliphatic carbocycles. The molecule has 0 aliphatic rings. The highest BCUT2D eigenvalue weighted by Gasteiger charge is 2.12. The predicted octanol–water partition coefficient (Wildman–Crippen LogP) is 4.70. The van der Waals surface area contributed by atoms with Crippen LogP contribution in [0.3, 0.4) is 0 Å².